The van der Waals surface area contributed by atoms with Crippen LogP contribution < -0.4 is 0 Å². The molecule has 1 aromatic heterocycles. The number of fused-ring (bicyclic) bond motifs is 1. The summed E-state index contributed by atoms with van der Waals surface area (Å²) in [6.07, 6.45) is 2.15. The average molecular weight is 330 g/mol. The first-order chi connectivity index (χ1) is 9.84. The van der Waals surface area contributed by atoms with Crippen LogP contribution in [0.3, 0.4) is 0 Å². The molecule has 21 heavy (non-hydrogen) atoms. The number of rotatable bonds is 6. The Balaban J connectivity index is 2.50. The number of nitrogens with zero attached hydrogens (tertiary/aromatic N) is 3. The Morgan fingerprint density at radius 3 is 2.62 bits per heavy atom. The third-order valence-corrected chi connectivity index (χ3v) is 4.69. The van der Waals surface area contributed by atoms with Crippen LogP contribution in [0, 0.1) is 0 Å². The summed E-state index contributed by atoms with van der Waals surface area (Å²) < 4.78 is 25.8. The van der Waals surface area contributed by atoms with Gasteiger partial charge in [0.1, 0.15) is 11.3 Å². The molecule has 0 saturated heterocycles. The van der Waals surface area contributed by atoms with E-state index in [0.29, 0.717) is 11.3 Å². The molecule has 1 aromatic carbocycles. The molecule has 0 N–H and O–H groups in total. The second-order valence-corrected chi connectivity index (χ2v) is 7.62. The molecule has 0 aliphatic carbocycles. The van der Waals surface area contributed by atoms with Crippen molar-refractivity contribution < 1.29 is 8.42 Å². The number of alkyl halides is 1. The van der Waals surface area contributed by atoms with Crippen LogP contribution in [0.4, 0.5) is 0 Å². The summed E-state index contributed by atoms with van der Waals surface area (Å²) in [6.45, 7) is 1.72. The second-order valence-electron chi connectivity index (χ2n) is 5.37. The van der Waals surface area contributed by atoms with Crippen molar-refractivity contribution in [2.24, 2.45) is 0 Å². The molecule has 0 aliphatic rings. The van der Waals surface area contributed by atoms with Gasteiger partial charge >= 0.3 is 0 Å². The van der Waals surface area contributed by atoms with Gasteiger partial charge in [0.25, 0.3) is 0 Å². The van der Waals surface area contributed by atoms with Gasteiger partial charge in [0.2, 0.25) is 0 Å². The number of aromatic nitrogens is 2. The molecule has 7 heteroatoms. The minimum atomic E-state index is -3.30. The monoisotopic (exact) mass is 329 g/mol. The third kappa shape index (κ3) is 3.56. The maximum atomic E-state index is 11.9. The first-order valence-corrected chi connectivity index (χ1v) is 9.16. The van der Waals surface area contributed by atoms with Gasteiger partial charge in [-0.3, -0.25) is 0 Å². The number of hydrogen-bond acceptors (Lipinski definition) is 4. The zero-order valence-corrected chi connectivity index (χ0v) is 14.1. The Kier molecular flexibility index (Phi) is 4.91. The van der Waals surface area contributed by atoms with Crippen molar-refractivity contribution in [3.05, 3.63) is 24.0 Å². The molecular formula is C14H20ClN3O2S. The summed E-state index contributed by atoms with van der Waals surface area (Å²) in [5, 5.41) is 0. The minimum absolute atomic E-state index is 0.262. The van der Waals surface area contributed by atoms with Crippen molar-refractivity contribution in [3.63, 3.8) is 0 Å². The van der Waals surface area contributed by atoms with E-state index in [1.807, 2.05) is 24.7 Å². The summed E-state index contributed by atoms with van der Waals surface area (Å²) in [5.74, 6) is 0.973. The highest BCUT2D eigenvalue weighted by Crippen LogP contribution is 2.24. The third-order valence-electron chi connectivity index (χ3n) is 3.33. The largest absolute Gasteiger partial charge is 0.327 e. The molecule has 0 unspecified atom stereocenters. The van der Waals surface area contributed by atoms with Crippen LogP contribution in [0.15, 0.2) is 23.1 Å². The van der Waals surface area contributed by atoms with Crippen LogP contribution in [-0.2, 0) is 22.3 Å². The smallest absolute Gasteiger partial charge is 0.177 e. The molecule has 0 atom stereocenters. The fourth-order valence-corrected chi connectivity index (χ4v) is 3.40. The summed E-state index contributed by atoms with van der Waals surface area (Å²) in [7, 11) is 0.746. The Labute approximate surface area is 130 Å². The van der Waals surface area contributed by atoms with Gasteiger partial charge in [-0.1, -0.05) is 6.07 Å². The lowest BCUT2D eigenvalue weighted by Gasteiger charge is -2.11. The van der Waals surface area contributed by atoms with Crippen molar-refractivity contribution >= 4 is 32.5 Å². The molecule has 0 spiro atoms. The molecule has 0 saturated carbocycles. The van der Waals surface area contributed by atoms with E-state index in [0.717, 1.165) is 25.0 Å². The predicted molar refractivity (Wildman–Crippen MR) is 85.6 cm³/mol. The maximum Gasteiger partial charge on any atom is 0.177 e. The Morgan fingerprint density at radius 1 is 1.33 bits per heavy atom. The summed E-state index contributed by atoms with van der Waals surface area (Å²) in [4.78, 5) is 6.81. The van der Waals surface area contributed by atoms with Crippen molar-refractivity contribution in [1.82, 2.24) is 14.5 Å². The van der Waals surface area contributed by atoms with Crippen LogP contribution in [0.5, 0.6) is 0 Å². The van der Waals surface area contributed by atoms with E-state index in [1.165, 1.54) is 6.26 Å². The van der Waals surface area contributed by atoms with E-state index in [2.05, 4.69) is 9.88 Å². The Hall–Kier alpha value is -1.11. The topological polar surface area (TPSA) is 55.2 Å². The predicted octanol–water partition coefficient (Wildman–Crippen LogP) is 2.13. The van der Waals surface area contributed by atoms with E-state index in [1.54, 1.807) is 12.1 Å². The molecule has 2 aromatic rings. The van der Waals surface area contributed by atoms with Crippen LogP contribution in [0.1, 0.15) is 12.2 Å². The van der Waals surface area contributed by atoms with Gasteiger partial charge in [0.05, 0.1) is 16.3 Å². The first-order valence-electron chi connectivity index (χ1n) is 6.73. The van der Waals surface area contributed by atoms with Crippen molar-refractivity contribution in [2.45, 2.75) is 23.7 Å². The first kappa shape index (κ1) is 16.3. The Bertz CT molecular complexity index is 738. The number of sulfone groups is 1. The zero-order chi connectivity index (χ0) is 15.6. The van der Waals surface area contributed by atoms with Crippen molar-refractivity contribution in [3.8, 4) is 0 Å². The summed E-state index contributed by atoms with van der Waals surface area (Å²) in [5.41, 5.74) is 1.34. The van der Waals surface area contributed by atoms with E-state index in [4.69, 9.17) is 11.6 Å². The van der Waals surface area contributed by atoms with Crippen LogP contribution in [0.2, 0.25) is 0 Å². The van der Waals surface area contributed by atoms with E-state index < -0.39 is 9.84 Å². The SMILES string of the molecule is CN(C)CCCn1c(CCl)nc2c(S(C)(=O)=O)cccc21. The lowest BCUT2D eigenvalue weighted by Crippen LogP contribution is -2.15. The normalized spacial score (nSPS) is 12.4. The standard InChI is InChI=1S/C14H20ClN3O2S/c1-17(2)8-5-9-18-11-6-4-7-12(21(3,19)20)14(11)16-13(18)10-15/h4,6-7H,5,8-10H2,1-3H3. The highest BCUT2D eigenvalue weighted by atomic mass is 35.5. The molecule has 0 aliphatic heterocycles. The molecular weight excluding hydrogens is 310 g/mol. The van der Waals surface area contributed by atoms with E-state index in [9.17, 15) is 8.42 Å². The molecule has 1 heterocycles. The highest BCUT2D eigenvalue weighted by Gasteiger charge is 2.18. The van der Waals surface area contributed by atoms with Gasteiger partial charge in [-0.2, -0.15) is 0 Å². The quantitative estimate of drug-likeness (QED) is 0.762. The summed E-state index contributed by atoms with van der Waals surface area (Å²) >= 11 is 5.97. The molecule has 0 radical (unpaired) electrons. The summed E-state index contributed by atoms with van der Waals surface area (Å²) in [6, 6.07) is 5.23. The highest BCUT2D eigenvalue weighted by molar-refractivity contribution is 7.91. The van der Waals surface area contributed by atoms with Gasteiger partial charge < -0.3 is 9.47 Å². The zero-order valence-electron chi connectivity index (χ0n) is 12.5. The lowest BCUT2D eigenvalue weighted by molar-refractivity contribution is 0.386. The van der Waals surface area contributed by atoms with Gasteiger partial charge in [-0.25, -0.2) is 13.4 Å². The molecule has 2 rings (SSSR count). The van der Waals surface area contributed by atoms with Crippen molar-refractivity contribution in [1.29, 1.82) is 0 Å². The number of halogens is 1. The van der Waals surface area contributed by atoms with Gasteiger partial charge in [-0.15, -0.1) is 11.6 Å². The number of para-hydroxylation sites is 1. The molecule has 5 nitrogen and oxygen atoms in total. The van der Waals surface area contributed by atoms with Crippen LogP contribution in [0.25, 0.3) is 11.0 Å². The number of imidazole rings is 1. The molecule has 0 amide bonds. The van der Waals surface area contributed by atoms with E-state index in [-0.39, 0.29) is 10.8 Å². The number of hydrogen-bond donors (Lipinski definition) is 0. The molecule has 116 valence electrons. The maximum absolute atomic E-state index is 11.9. The number of benzene rings is 1. The van der Waals surface area contributed by atoms with Crippen LogP contribution >= 0.6 is 11.6 Å². The van der Waals surface area contributed by atoms with Gasteiger partial charge in [0, 0.05) is 12.8 Å². The molecule has 0 fully saturated rings. The fourth-order valence-electron chi connectivity index (χ4n) is 2.37. The van der Waals surface area contributed by atoms with Crippen molar-refractivity contribution in [2.75, 3.05) is 26.9 Å². The molecule has 0 bridgehead atoms. The Morgan fingerprint density at radius 2 is 2.05 bits per heavy atom. The average Bonchev–Trinajstić information content (AvgIpc) is 2.75. The lowest BCUT2D eigenvalue weighted by atomic mass is 10.3. The number of aryl methyl sites for hydroxylation is 1. The van der Waals surface area contributed by atoms with Crippen LogP contribution in [-0.4, -0.2) is 49.8 Å². The minimum Gasteiger partial charge on any atom is -0.327 e. The fraction of sp³-hybridized carbons (Fsp3) is 0.500. The second kappa shape index (κ2) is 6.34. The van der Waals surface area contributed by atoms with Gasteiger partial charge in [-0.05, 0) is 39.2 Å². The van der Waals surface area contributed by atoms with Gasteiger partial charge in [0.15, 0.2) is 9.84 Å². The van der Waals surface area contributed by atoms with E-state index >= 15 is 0 Å².